The number of fused-ring (bicyclic) bond motifs is 3. The number of ketones is 1. The van der Waals surface area contributed by atoms with Crippen molar-refractivity contribution in [3.8, 4) is 0 Å². The third kappa shape index (κ3) is 1.74. The first-order valence-corrected chi connectivity index (χ1v) is 7.02. The van der Waals surface area contributed by atoms with Crippen LogP contribution in [-0.4, -0.2) is 18.4 Å². The molecule has 2 heterocycles. The molecule has 1 fully saturated rings. The number of carbonyl (C=O) groups excluding carboxylic acids is 1. The number of carbonyl (C=O) groups is 1. The summed E-state index contributed by atoms with van der Waals surface area (Å²) in [5, 5.41) is 5.35. The van der Waals surface area contributed by atoms with E-state index in [4.69, 9.17) is 4.42 Å². The highest BCUT2D eigenvalue weighted by Gasteiger charge is 2.23. The summed E-state index contributed by atoms with van der Waals surface area (Å²) < 4.78 is 5.79. The van der Waals surface area contributed by atoms with Gasteiger partial charge in [0.1, 0.15) is 11.2 Å². The van der Waals surface area contributed by atoms with Crippen molar-refractivity contribution in [2.45, 2.75) is 18.9 Å². The van der Waals surface area contributed by atoms with Crippen molar-refractivity contribution in [2.24, 2.45) is 0 Å². The van der Waals surface area contributed by atoms with E-state index in [1.54, 1.807) is 0 Å². The molecule has 0 radical (unpaired) electrons. The lowest BCUT2D eigenvalue weighted by Gasteiger charge is -2.08. The highest BCUT2D eigenvalue weighted by molar-refractivity contribution is 6.09. The molecule has 3 nitrogen and oxygen atoms in total. The molecule has 0 spiro atoms. The fourth-order valence-electron chi connectivity index (χ4n) is 2.99. The van der Waals surface area contributed by atoms with Gasteiger partial charge in [0.05, 0.1) is 6.04 Å². The molecule has 3 heteroatoms. The van der Waals surface area contributed by atoms with Gasteiger partial charge in [0.15, 0.2) is 5.78 Å². The Kier molecular flexibility index (Phi) is 2.60. The van der Waals surface area contributed by atoms with E-state index in [0.29, 0.717) is 0 Å². The summed E-state index contributed by atoms with van der Waals surface area (Å²) in [6, 6.07) is 13.6. The second-order valence-corrected chi connectivity index (χ2v) is 5.32. The molecule has 0 saturated carbocycles. The summed E-state index contributed by atoms with van der Waals surface area (Å²) in [5.41, 5.74) is 2.47. The third-order valence-electron chi connectivity index (χ3n) is 4.04. The number of benzene rings is 2. The Morgan fingerprint density at radius 3 is 2.80 bits per heavy atom. The zero-order valence-corrected chi connectivity index (χ0v) is 11.1. The lowest BCUT2D eigenvalue weighted by molar-refractivity contribution is 0.0952. The van der Waals surface area contributed by atoms with Gasteiger partial charge in [-0.1, -0.05) is 18.2 Å². The number of hydrogen-bond donors (Lipinski definition) is 1. The highest BCUT2D eigenvalue weighted by atomic mass is 16.3. The lowest BCUT2D eigenvalue weighted by atomic mass is 10.0. The SMILES string of the molecule is O=C(c1ccc2oc3ccccc3c2c1)C1CCCN1. The third-order valence-corrected chi connectivity index (χ3v) is 4.04. The first-order chi connectivity index (χ1) is 9.83. The number of rotatable bonds is 2. The van der Waals surface area contributed by atoms with Crippen molar-refractivity contribution in [3.63, 3.8) is 0 Å². The highest BCUT2D eigenvalue weighted by Crippen LogP contribution is 2.29. The quantitative estimate of drug-likeness (QED) is 0.721. The van der Waals surface area contributed by atoms with Crippen molar-refractivity contribution in [3.05, 3.63) is 48.0 Å². The summed E-state index contributed by atoms with van der Waals surface area (Å²) in [6.07, 6.45) is 2.01. The van der Waals surface area contributed by atoms with Gasteiger partial charge in [-0.15, -0.1) is 0 Å². The summed E-state index contributed by atoms with van der Waals surface area (Å²) >= 11 is 0. The predicted octanol–water partition coefficient (Wildman–Crippen LogP) is 3.52. The Balaban J connectivity index is 1.85. The van der Waals surface area contributed by atoms with Crippen molar-refractivity contribution in [2.75, 3.05) is 6.54 Å². The molecule has 20 heavy (non-hydrogen) atoms. The summed E-state index contributed by atoms with van der Waals surface area (Å²) in [5.74, 6) is 0.190. The number of Topliss-reactive ketones (excluding diaryl/α,β-unsaturated/α-hetero) is 1. The van der Waals surface area contributed by atoms with Crippen LogP contribution in [0.25, 0.3) is 21.9 Å². The van der Waals surface area contributed by atoms with Crippen LogP contribution in [0.15, 0.2) is 46.9 Å². The topological polar surface area (TPSA) is 42.2 Å². The summed E-state index contributed by atoms with van der Waals surface area (Å²) in [7, 11) is 0. The molecule has 0 bridgehead atoms. The monoisotopic (exact) mass is 265 g/mol. The average Bonchev–Trinajstić information content (AvgIpc) is 3.13. The van der Waals surface area contributed by atoms with E-state index in [2.05, 4.69) is 5.32 Å². The smallest absolute Gasteiger partial charge is 0.179 e. The second-order valence-electron chi connectivity index (χ2n) is 5.32. The Morgan fingerprint density at radius 2 is 1.95 bits per heavy atom. The molecule has 2 aromatic carbocycles. The van der Waals surface area contributed by atoms with Gasteiger partial charge >= 0.3 is 0 Å². The molecule has 1 unspecified atom stereocenters. The molecule has 100 valence electrons. The maximum absolute atomic E-state index is 12.5. The van der Waals surface area contributed by atoms with Crippen LogP contribution in [0.1, 0.15) is 23.2 Å². The Labute approximate surface area is 116 Å². The van der Waals surface area contributed by atoms with Gasteiger partial charge in [-0.3, -0.25) is 4.79 Å². The second kappa shape index (κ2) is 4.46. The van der Waals surface area contributed by atoms with Gasteiger partial charge < -0.3 is 9.73 Å². The van der Waals surface area contributed by atoms with E-state index in [9.17, 15) is 4.79 Å². The van der Waals surface area contributed by atoms with Crippen LogP contribution >= 0.6 is 0 Å². The van der Waals surface area contributed by atoms with Crippen molar-refractivity contribution in [1.29, 1.82) is 0 Å². The molecule has 1 aromatic heterocycles. The van der Waals surface area contributed by atoms with Crippen LogP contribution in [0.2, 0.25) is 0 Å². The molecule has 4 rings (SSSR count). The minimum absolute atomic E-state index is 0.0226. The van der Waals surface area contributed by atoms with Crippen LogP contribution in [0.3, 0.4) is 0 Å². The van der Waals surface area contributed by atoms with Crippen LogP contribution in [0.4, 0.5) is 0 Å². The molecular formula is C17H15NO2. The number of furan rings is 1. The minimum atomic E-state index is -0.0226. The van der Waals surface area contributed by atoms with Crippen LogP contribution < -0.4 is 5.32 Å². The van der Waals surface area contributed by atoms with Crippen molar-refractivity contribution < 1.29 is 9.21 Å². The fourth-order valence-corrected chi connectivity index (χ4v) is 2.99. The van der Waals surface area contributed by atoms with Gasteiger partial charge in [0, 0.05) is 16.3 Å². The van der Waals surface area contributed by atoms with Crippen molar-refractivity contribution >= 4 is 27.7 Å². The first kappa shape index (κ1) is 11.7. The van der Waals surface area contributed by atoms with Gasteiger partial charge in [0.25, 0.3) is 0 Å². The standard InChI is InChI=1S/C17H15NO2/c19-17(14-5-3-9-18-14)11-7-8-16-13(10-11)12-4-1-2-6-15(12)20-16/h1-2,4,6-8,10,14,18H,3,5,9H2. The zero-order chi connectivity index (χ0) is 13.5. The van der Waals surface area contributed by atoms with E-state index in [0.717, 1.165) is 46.9 Å². The summed E-state index contributed by atoms with van der Waals surface area (Å²) in [6.45, 7) is 0.938. The Morgan fingerprint density at radius 1 is 1.10 bits per heavy atom. The molecule has 1 aliphatic heterocycles. The number of nitrogens with one attached hydrogen (secondary N) is 1. The zero-order valence-electron chi connectivity index (χ0n) is 11.1. The molecule has 1 atom stereocenters. The van der Waals surface area contributed by atoms with E-state index in [-0.39, 0.29) is 11.8 Å². The molecule has 1 aliphatic rings. The fraction of sp³-hybridized carbons (Fsp3) is 0.235. The van der Waals surface area contributed by atoms with E-state index in [1.807, 2.05) is 42.5 Å². The van der Waals surface area contributed by atoms with Gasteiger partial charge in [-0.05, 0) is 43.7 Å². The van der Waals surface area contributed by atoms with Gasteiger partial charge in [0.2, 0.25) is 0 Å². The van der Waals surface area contributed by atoms with Crippen LogP contribution in [-0.2, 0) is 0 Å². The normalized spacial score (nSPS) is 18.9. The van der Waals surface area contributed by atoms with Crippen LogP contribution in [0.5, 0.6) is 0 Å². The molecule has 1 N–H and O–H groups in total. The van der Waals surface area contributed by atoms with E-state index >= 15 is 0 Å². The Bertz CT molecular complexity index is 797. The minimum Gasteiger partial charge on any atom is -0.456 e. The first-order valence-electron chi connectivity index (χ1n) is 7.02. The van der Waals surface area contributed by atoms with Gasteiger partial charge in [-0.2, -0.15) is 0 Å². The molecular weight excluding hydrogens is 250 g/mol. The lowest BCUT2D eigenvalue weighted by Crippen LogP contribution is -2.30. The molecule has 1 saturated heterocycles. The maximum atomic E-state index is 12.5. The summed E-state index contributed by atoms with van der Waals surface area (Å²) in [4.78, 5) is 12.5. The van der Waals surface area contributed by atoms with Crippen molar-refractivity contribution in [1.82, 2.24) is 5.32 Å². The van der Waals surface area contributed by atoms with E-state index in [1.165, 1.54) is 0 Å². The van der Waals surface area contributed by atoms with E-state index < -0.39 is 0 Å². The number of para-hydroxylation sites is 1. The van der Waals surface area contributed by atoms with Gasteiger partial charge in [-0.25, -0.2) is 0 Å². The molecule has 0 amide bonds. The maximum Gasteiger partial charge on any atom is 0.179 e. The number of hydrogen-bond acceptors (Lipinski definition) is 3. The predicted molar refractivity (Wildman–Crippen MR) is 79.1 cm³/mol. The molecule has 3 aromatic rings. The average molecular weight is 265 g/mol. The Hall–Kier alpha value is -2.13. The molecule has 0 aliphatic carbocycles. The largest absolute Gasteiger partial charge is 0.456 e. The van der Waals surface area contributed by atoms with Crippen LogP contribution in [0, 0.1) is 0 Å².